The van der Waals surface area contributed by atoms with Gasteiger partial charge in [0.25, 0.3) is 5.91 Å². The molecule has 0 spiro atoms. The Hall–Kier alpha value is -1.40. The number of nitrogens with zero attached hydrogens (tertiary/aromatic N) is 2. The average molecular weight is 238 g/mol. The second kappa shape index (κ2) is 5.79. The molecule has 2 N–H and O–H groups in total. The number of hydrogen-bond acceptors (Lipinski definition) is 5. The van der Waals surface area contributed by atoms with Crippen molar-refractivity contribution in [3.8, 4) is 0 Å². The fourth-order valence-corrected chi connectivity index (χ4v) is 1.85. The molecule has 0 radical (unpaired) electrons. The second-order valence-electron chi connectivity index (χ2n) is 4.19. The molecule has 1 aromatic rings. The third-order valence-corrected chi connectivity index (χ3v) is 2.88. The van der Waals surface area contributed by atoms with Crippen LogP contribution in [0.2, 0.25) is 0 Å². The van der Waals surface area contributed by atoms with Crippen molar-refractivity contribution >= 4 is 5.91 Å². The van der Waals surface area contributed by atoms with Gasteiger partial charge >= 0.3 is 0 Å². The van der Waals surface area contributed by atoms with Crippen molar-refractivity contribution in [1.82, 2.24) is 20.7 Å². The van der Waals surface area contributed by atoms with Gasteiger partial charge in [0, 0.05) is 44.8 Å². The van der Waals surface area contributed by atoms with E-state index in [1.807, 2.05) is 6.92 Å². The Morgan fingerprint density at radius 2 is 2.35 bits per heavy atom. The van der Waals surface area contributed by atoms with Crippen LogP contribution in [-0.2, 0) is 0 Å². The Kier molecular flexibility index (Phi) is 4.11. The highest BCUT2D eigenvalue weighted by molar-refractivity contribution is 5.92. The number of carbonyl (C=O) groups excluding carboxylic acids is 1. The van der Waals surface area contributed by atoms with E-state index in [4.69, 9.17) is 4.52 Å². The van der Waals surface area contributed by atoms with E-state index in [0.717, 1.165) is 38.3 Å². The van der Waals surface area contributed by atoms with Crippen LogP contribution in [0.25, 0.3) is 0 Å². The van der Waals surface area contributed by atoms with Crippen LogP contribution in [0, 0.1) is 6.92 Å². The number of piperazine rings is 1. The Balaban J connectivity index is 1.71. The maximum absolute atomic E-state index is 11.7. The highest BCUT2D eigenvalue weighted by Gasteiger charge is 2.14. The van der Waals surface area contributed by atoms with E-state index < -0.39 is 0 Å². The fourth-order valence-electron chi connectivity index (χ4n) is 1.85. The first kappa shape index (κ1) is 12.1. The van der Waals surface area contributed by atoms with E-state index in [0.29, 0.717) is 12.3 Å². The van der Waals surface area contributed by atoms with Gasteiger partial charge in [0.15, 0.2) is 0 Å². The quantitative estimate of drug-likeness (QED) is 0.748. The molecule has 0 saturated carbocycles. The van der Waals surface area contributed by atoms with E-state index >= 15 is 0 Å². The summed E-state index contributed by atoms with van der Waals surface area (Å²) >= 11 is 0. The highest BCUT2D eigenvalue weighted by atomic mass is 16.5. The maximum atomic E-state index is 11.7. The van der Waals surface area contributed by atoms with Crippen molar-refractivity contribution in [2.75, 3.05) is 39.3 Å². The molecule has 1 amide bonds. The molecule has 0 atom stereocenters. The second-order valence-corrected chi connectivity index (χ2v) is 4.19. The fraction of sp³-hybridized carbons (Fsp3) is 0.636. The van der Waals surface area contributed by atoms with Gasteiger partial charge in [-0.1, -0.05) is 5.16 Å². The molecule has 0 aromatic carbocycles. The number of aromatic nitrogens is 1. The minimum atomic E-state index is -0.185. The first-order valence-electron chi connectivity index (χ1n) is 5.90. The van der Waals surface area contributed by atoms with E-state index in [2.05, 4.69) is 20.7 Å². The summed E-state index contributed by atoms with van der Waals surface area (Å²) in [5.41, 5.74) is 0.768. The molecule has 0 unspecified atom stereocenters. The summed E-state index contributed by atoms with van der Waals surface area (Å²) in [5.74, 6) is 0.125. The van der Waals surface area contributed by atoms with Crippen LogP contribution in [0.1, 0.15) is 16.1 Å². The van der Waals surface area contributed by atoms with Crippen molar-refractivity contribution < 1.29 is 9.32 Å². The number of amides is 1. The van der Waals surface area contributed by atoms with E-state index in [1.165, 1.54) is 0 Å². The Labute approximate surface area is 100 Å². The molecule has 6 nitrogen and oxygen atoms in total. The van der Waals surface area contributed by atoms with Crippen LogP contribution in [0.3, 0.4) is 0 Å². The van der Waals surface area contributed by atoms with Crippen LogP contribution >= 0.6 is 0 Å². The highest BCUT2D eigenvalue weighted by Crippen LogP contribution is 2.04. The molecular weight excluding hydrogens is 220 g/mol. The van der Waals surface area contributed by atoms with Gasteiger partial charge in [0.05, 0.1) is 6.20 Å². The van der Waals surface area contributed by atoms with Gasteiger partial charge < -0.3 is 15.2 Å². The monoisotopic (exact) mass is 238 g/mol. The lowest BCUT2D eigenvalue weighted by Gasteiger charge is -2.26. The summed E-state index contributed by atoms with van der Waals surface area (Å²) in [5, 5.41) is 9.72. The molecule has 94 valence electrons. The van der Waals surface area contributed by atoms with Crippen molar-refractivity contribution in [2.45, 2.75) is 6.92 Å². The summed E-state index contributed by atoms with van der Waals surface area (Å²) in [7, 11) is 0. The van der Waals surface area contributed by atoms with Gasteiger partial charge in [-0.15, -0.1) is 0 Å². The molecule has 1 aromatic heterocycles. The van der Waals surface area contributed by atoms with Crippen LogP contribution in [0.4, 0.5) is 0 Å². The lowest BCUT2D eigenvalue weighted by atomic mass is 10.3. The molecule has 17 heavy (non-hydrogen) atoms. The van der Waals surface area contributed by atoms with Crippen molar-refractivity contribution in [1.29, 1.82) is 0 Å². The zero-order valence-electron chi connectivity index (χ0n) is 10.0. The summed E-state index contributed by atoms with van der Waals surface area (Å²) in [6.45, 7) is 7.44. The van der Waals surface area contributed by atoms with Crippen LogP contribution in [0.15, 0.2) is 10.7 Å². The van der Waals surface area contributed by atoms with Crippen molar-refractivity contribution in [3.63, 3.8) is 0 Å². The van der Waals surface area contributed by atoms with Crippen molar-refractivity contribution in [2.24, 2.45) is 0 Å². The first-order chi connectivity index (χ1) is 8.27. The smallest absolute Gasteiger partial charge is 0.290 e. The molecule has 1 fully saturated rings. The van der Waals surface area contributed by atoms with Crippen LogP contribution < -0.4 is 10.6 Å². The molecule has 1 saturated heterocycles. The van der Waals surface area contributed by atoms with Gasteiger partial charge in [-0.05, 0) is 6.92 Å². The third-order valence-electron chi connectivity index (χ3n) is 2.88. The lowest BCUT2D eigenvalue weighted by molar-refractivity contribution is 0.0909. The average Bonchev–Trinajstić information content (AvgIpc) is 2.77. The topological polar surface area (TPSA) is 70.4 Å². The first-order valence-corrected chi connectivity index (χ1v) is 5.90. The van der Waals surface area contributed by atoms with E-state index in [-0.39, 0.29) is 5.91 Å². The Morgan fingerprint density at radius 3 is 3.00 bits per heavy atom. The number of rotatable bonds is 4. The number of aryl methyl sites for hydroxylation is 1. The minimum absolute atomic E-state index is 0.185. The summed E-state index contributed by atoms with van der Waals surface area (Å²) in [4.78, 5) is 14.0. The molecule has 0 aliphatic carbocycles. The number of nitrogens with one attached hydrogen (secondary N) is 2. The zero-order valence-corrected chi connectivity index (χ0v) is 10.0. The largest absolute Gasteiger partial charge is 0.351 e. The predicted octanol–water partition coefficient (Wildman–Crippen LogP) is -0.382. The SMILES string of the molecule is Cc1cnoc1C(=O)NCCN1CCNCC1. The van der Waals surface area contributed by atoms with E-state index in [1.54, 1.807) is 6.20 Å². The van der Waals surface area contributed by atoms with Gasteiger partial charge in [0.2, 0.25) is 5.76 Å². The summed E-state index contributed by atoms with van der Waals surface area (Å²) in [6, 6.07) is 0. The molecule has 2 heterocycles. The molecule has 1 aliphatic rings. The molecular formula is C11H18N4O2. The standard InChI is InChI=1S/C11H18N4O2/c1-9-8-14-17-10(9)11(16)13-4-7-15-5-2-12-3-6-15/h8,12H,2-7H2,1H3,(H,13,16). The molecule has 6 heteroatoms. The van der Waals surface area contributed by atoms with Gasteiger partial charge in [0.1, 0.15) is 0 Å². The third kappa shape index (κ3) is 3.28. The van der Waals surface area contributed by atoms with Crippen LogP contribution in [0.5, 0.6) is 0 Å². The maximum Gasteiger partial charge on any atom is 0.290 e. The molecule has 0 bridgehead atoms. The molecule has 2 rings (SSSR count). The van der Waals surface area contributed by atoms with Gasteiger partial charge in [-0.2, -0.15) is 0 Å². The van der Waals surface area contributed by atoms with E-state index in [9.17, 15) is 4.79 Å². The van der Waals surface area contributed by atoms with Gasteiger partial charge in [-0.25, -0.2) is 0 Å². The lowest BCUT2D eigenvalue weighted by Crippen LogP contribution is -2.46. The number of hydrogen-bond donors (Lipinski definition) is 2. The zero-order chi connectivity index (χ0) is 12.1. The summed E-state index contributed by atoms with van der Waals surface area (Å²) < 4.78 is 4.88. The van der Waals surface area contributed by atoms with Crippen molar-refractivity contribution in [3.05, 3.63) is 17.5 Å². The normalized spacial score (nSPS) is 17.0. The Morgan fingerprint density at radius 1 is 1.59 bits per heavy atom. The predicted molar refractivity (Wildman–Crippen MR) is 62.9 cm³/mol. The van der Waals surface area contributed by atoms with Gasteiger partial charge in [-0.3, -0.25) is 9.69 Å². The number of carbonyl (C=O) groups is 1. The summed E-state index contributed by atoms with van der Waals surface area (Å²) in [6.07, 6.45) is 1.55. The Bertz CT molecular complexity index is 371. The minimum Gasteiger partial charge on any atom is -0.351 e. The molecule has 1 aliphatic heterocycles. The van der Waals surface area contributed by atoms with Crippen LogP contribution in [-0.4, -0.2) is 55.2 Å².